The number of nitrogens with two attached hydrogens (primary N) is 1. The smallest absolute Gasteiger partial charge is 0.365 e. The number of alkyl halides is 1. The van der Waals surface area contributed by atoms with Crippen LogP contribution in [0.3, 0.4) is 0 Å². The third kappa shape index (κ3) is 7.19. The molecule has 3 unspecified atom stereocenters. The van der Waals surface area contributed by atoms with Gasteiger partial charge in [0, 0.05) is 6.04 Å². The van der Waals surface area contributed by atoms with E-state index < -0.39 is 8.80 Å². The maximum absolute atomic E-state index is 6.85. The van der Waals surface area contributed by atoms with Crippen molar-refractivity contribution >= 4 is 31.4 Å². The summed E-state index contributed by atoms with van der Waals surface area (Å²) < 4.78 is 20.1. The van der Waals surface area contributed by atoms with Gasteiger partial charge in [0.1, 0.15) is 3.61 Å². The largest absolute Gasteiger partial charge is 0.503 e. The predicted molar refractivity (Wildman–Crippen MR) is 128 cm³/mol. The molecule has 166 valence electrons. The normalized spacial score (nSPS) is 38.8. The van der Waals surface area contributed by atoms with Crippen molar-refractivity contribution in [2.24, 2.45) is 5.73 Å². The molecule has 28 heavy (non-hydrogen) atoms. The molecular weight excluding hydrogens is 481 g/mol. The molecule has 3 atom stereocenters. The first-order valence-electron chi connectivity index (χ1n) is 11.6. The zero-order chi connectivity index (χ0) is 20.7. The first-order chi connectivity index (χ1) is 13.1. The summed E-state index contributed by atoms with van der Waals surface area (Å²) in [5.74, 6) is 0. The van der Waals surface area contributed by atoms with Gasteiger partial charge in [0.05, 0.1) is 11.2 Å². The number of halogens is 1. The van der Waals surface area contributed by atoms with Gasteiger partial charge >= 0.3 is 8.80 Å². The Morgan fingerprint density at radius 1 is 0.750 bits per heavy atom. The molecule has 0 spiro atoms. The second-order valence-electron chi connectivity index (χ2n) is 9.76. The van der Waals surface area contributed by atoms with E-state index in [0.29, 0.717) is 6.54 Å². The van der Waals surface area contributed by atoms with E-state index in [2.05, 4.69) is 50.3 Å². The van der Waals surface area contributed by atoms with Gasteiger partial charge in [-0.1, -0.05) is 57.8 Å². The number of hydrogen-bond donors (Lipinski definition) is 1. The molecule has 0 radical (unpaired) electrons. The lowest BCUT2D eigenvalue weighted by molar-refractivity contribution is -0.0175. The van der Waals surface area contributed by atoms with Crippen LogP contribution in [0, 0.1) is 0 Å². The van der Waals surface area contributed by atoms with E-state index in [1.54, 1.807) is 0 Å². The van der Waals surface area contributed by atoms with Crippen molar-refractivity contribution in [3.05, 3.63) is 0 Å². The van der Waals surface area contributed by atoms with Crippen molar-refractivity contribution in [2.45, 2.75) is 132 Å². The molecule has 2 aliphatic heterocycles. The summed E-state index contributed by atoms with van der Waals surface area (Å²) in [5.41, 5.74) is 5.24. The van der Waals surface area contributed by atoms with Crippen LogP contribution in [0.4, 0.5) is 0 Å². The van der Waals surface area contributed by atoms with E-state index >= 15 is 0 Å². The minimum Gasteiger partial charge on any atom is -0.365 e. The summed E-state index contributed by atoms with van der Waals surface area (Å²) in [6, 6.07) is 0.821. The molecule has 2 bridgehead atoms. The van der Waals surface area contributed by atoms with Gasteiger partial charge in [-0.25, -0.2) is 0 Å². The van der Waals surface area contributed by atoms with Crippen LogP contribution in [0.2, 0.25) is 6.04 Å². The molecule has 0 amide bonds. The second-order valence-corrected chi connectivity index (χ2v) is 14.5. The van der Waals surface area contributed by atoms with Gasteiger partial charge in [0.15, 0.2) is 0 Å². The Kier molecular flexibility index (Phi) is 9.74. The van der Waals surface area contributed by atoms with Gasteiger partial charge in [-0.2, -0.15) is 0 Å². The van der Waals surface area contributed by atoms with E-state index in [1.807, 2.05) is 0 Å². The van der Waals surface area contributed by atoms with Gasteiger partial charge < -0.3 is 19.0 Å². The monoisotopic (exact) mass is 525 g/mol. The number of hydrogen-bond acceptors (Lipinski definition) is 4. The Labute approximate surface area is 188 Å². The lowest BCUT2D eigenvalue weighted by atomic mass is 9.83. The summed E-state index contributed by atoms with van der Waals surface area (Å²) in [7, 11) is -2.77. The van der Waals surface area contributed by atoms with Crippen molar-refractivity contribution in [3.8, 4) is 0 Å². The van der Waals surface area contributed by atoms with E-state index in [1.165, 1.54) is 64.2 Å². The first kappa shape index (κ1) is 25.1. The van der Waals surface area contributed by atoms with E-state index in [9.17, 15) is 0 Å². The van der Waals surface area contributed by atoms with Crippen molar-refractivity contribution in [3.63, 3.8) is 0 Å². The number of fused-ring (bicyclic) bond motifs is 2. The fourth-order valence-electron chi connectivity index (χ4n) is 4.54. The van der Waals surface area contributed by atoms with Gasteiger partial charge in [-0.05, 0) is 82.5 Å². The molecule has 2 saturated heterocycles. The maximum Gasteiger partial charge on any atom is 0.503 e. The third-order valence-electron chi connectivity index (χ3n) is 6.65. The van der Waals surface area contributed by atoms with Gasteiger partial charge in [0.2, 0.25) is 0 Å². The summed E-state index contributed by atoms with van der Waals surface area (Å²) in [6.45, 7) is 9.48. The lowest BCUT2D eigenvalue weighted by Gasteiger charge is -2.36. The highest BCUT2D eigenvalue weighted by Gasteiger charge is 2.64. The molecule has 0 aliphatic carbocycles. The van der Waals surface area contributed by atoms with Crippen molar-refractivity contribution in [1.82, 2.24) is 0 Å². The minimum absolute atomic E-state index is 0.242. The van der Waals surface area contributed by atoms with Gasteiger partial charge in [0.25, 0.3) is 0 Å². The lowest BCUT2D eigenvalue weighted by Crippen LogP contribution is -2.48. The fraction of sp³-hybridized carbons (Fsp3) is 1.00. The van der Waals surface area contributed by atoms with Crippen LogP contribution in [0.5, 0.6) is 0 Å². The minimum atomic E-state index is -2.77. The molecule has 2 fully saturated rings. The van der Waals surface area contributed by atoms with Crippen molar-refractivity contribution in [2.75, 3.05) is 6.54 Å². The number of rotatable bonds is 3. The van der Waals surface area contributed by atoms with E-state index in [4.69, 9.17) is 19.0 Å². The molecule has 4 nitrogen and oxygen atoms in total. The van der Waals surface area contributed by atoms with Crippen LogP contribution < -0.4 is 5.73 Å². The van der Waals surface area contributed by atoms with Crippen LogP contribution in [-0.4, -0.2) is 30.2 Å². The average Bonchev–Trinajstić information content (AvgIpc) is 2.78. The second kappa shape index (κ2) is 10.9. The Morgan fingerprint density at radius 2 is 1.25 bits per heavy atom. The third-order valence-corrected chi connectivity index (χ3v) is 11.1. The summed E-state index contributed by atoms with van der Waals surface area (Å²) in [4.78, 5) is 0. The average molecular weight is 526 g/mol. The molecule has 0 saturated carbocycles. The highest BCUT2D eigenvalue weighted by Crippen LogP contribution is 2.49. The summed E-state index contributed by atoms with van der Waals surface area (Å²) in [5, 5.41) is 0. The van der Waals surface area contributed by atoms with E-state index in [-0.39, 0.29) is 14.8 Å². The van der Waals surface area contributed by atoms with Crippen molar-refractivity contribution in [1.29, 1.82) is 0 Å². The van der Waals surface area contributed by atoms with Crippen LogP contribution in [0.1, 0.15) is 111 Å². The Hall–Kier alpha value is 0.787. The molecule has 2 aliphatic rings. The molecule has 0 aromatic heterocycles. The Balaban J connectivity index is 2.17. The SMILES string of the molecule is CC1(I)CCCCCCCCCCCCC2(C)O[Si](CCCN)(O1)OC2(C)C. The first-order valence-corrected chi connectivity index (χ1v) is 14.6. The van der Waals surface area contributed by atoms with Crippen LogP contribution >= 0.6 is 22.6 Å². The van der Waals surface area contributed by atoms with Crippen molar-refractivity contribution < 1.29 is 13.3 Å². The summed E-state index contributed by atoms with van der Waals surface area (Å²) in [6.07, 6.45) is 16.2. The Morgan fingerprint density at radius 3 is 1.79 bits per heavy atom. The highest BCUT2D eigenvalue weighted by molar-refractivity contribution is 14.1. The Bertz CT molecular complexity index is 477. The van der Waals surface area contributed by atoms with Crippen LogP contribution in [0.15, 0.2) is 0 Å². The van der Waals surface area contributed by atoms with Gasteiger partial charge in [-0.3, -0.25) is 0 Å². The fourth-order valence-corrected chi connectivity index (χ4v) is 9.78. The molecule has 2 rings (SSSR count). The zero-order valence-electron chi connectivity index (χ0n) is 18.8. The molecule has 6 heteroatoms. The summed E-state index contributed by atoms with van der Waals surface area (Å²) >= 11 is 2.48. The standard InChI is InChI=1S/C22H44INO3Si/c1-20(2)21(3)16-13-11-9-7-5-6-8-10-12-14-17-22(4,23)27-28(25-20,26-21)19-15-18-24/h5-19,24H2,1-4H3. The van der Waals surface area contributed by atoms with Gasteiger partial charge in [-0.15, -0.1) is 0 Å². The molecule has 0 aromatic rings. The van der Waals surface area contributed by atoms with Crippen LogP contribution in [-0.2, 0) is 13.3 Å². The maximum atomic E-state index is 6.85. The molecular formula is C22H44INO3Si. The van der Waals surface area contributed by atoms with Crippen LogP contribution in [0.25, 0.3) is 0 Å². The quantitative estimate of drug-likeness (QED) is 0.253. The zero-order valence-corrected chi connectivity index (χ0v) is 21.9. The highest BCUT2D eigenvalue weighted by atomic mass is 127. The molecule has 0 aromatic carbocycles. The van der Waals surface area contributed by atoms with E-state index in [0.717, 1.165) is 25.3 Å². The predicted octanol–water partition coefficient (Wildman–Crippen LogP) is 6.72. The topological polar surface area (TPSA) is 53.7 Å². The molecule has 2 heterocycles. The molecule has 2 N–H and O–H groups in total.